The molecular formula is C18H15Cl2NO2. The Kier molecular flexibility index (Phi) is 3.24. The van der Waals surface area contributed by atoms with Gasteiger partial charge in [0, 0.05) is 27.6 Å². The average molecular weight is 348 g/mol. The van der Waals surface area contributed by atoms with Crippen molar-refractivity contribution in [2.24, 2.45) is 11.3 Å². The van der Waals surface area contributed by atoms with Gasteiger partial charge in [-0.15, -0.1) is 0 Å². The van der Waals surface area contributed by atoms with E-state index in [1.165, 1.54) is 4.90 Å². The monoisotopic (exact) mass is 347 g/mol. The number of aliphatic hydroxyl groups excluding tert-OH is 1. The van der Waals surface area contributed by atoms with Crippen LogP contribution in [0.1, 0.15) is 18.4 Å². The summed E-state index contributed by atoms with van der Waals surface area (Å²) in [6.07, 6.45) is -0.868. The maximum atomic E-state index is 13.0. The van der Waals surface area contributed by atoms with E-state index in [0.717, 1.165) is 5.56 Å². The molecular weight excluding hydrogens is 333 g/mol. The second-order valence-electron chi connectivity index (χ2n) is 6.41. The highest BCUT2D eigenvalue weighted by molar-refractivity contribution is 6.35. The minimum atomic E-state index is -0.868. The lowest BCUT2D eigenvalue weighted by Crippen LogP contribution is -2.39. The summed E-state index contributed by atoms with van der Waals surface area (Å²) in [4.78, 5) is 14.4. The van der Waals surface area contributed by atoms with Crippen molar-refractivity contribution in [3.05, 3.63) is 64.1 Å². The van der Waals surface area contributed by atoms with Crippen molar-refractivity contribution in [1.82, 2.24) is 0 Å². The first-order valence-electron chi connectivity index (χ1n) is 7.47. The second-order valence-corrected chi connectivity index (χ2v) is 7.29. The molecule has 2 aromatic carbocycles. The lowest BCUT2D eigenvalue weighted by Gasteiger charge is -2.27. The fourth-order valence-corrected chi connectivity index (χ4v) is 4.52. The predicted molar refractivity (Wildman–Crippen MR) is 90.7 cm³/mol. The Morgan fingerprint density at radius 3 is 2.22 bits per heavy atom. The third kappa shape index (κ3) is 2.04. The molecule has 1 saturated carbocycles. The molecule has 0 bridgehead atoms. The third-order valence-corrected chi connectivity index (χ3v) is 5.57. The van der Waals surface area contributed by atoms with Crippen molar-refractivity contribution >= 4 is 34.8 Å². The minimum absolute atomic E-state index is 0.0529. The number of hydrogen-bond acceptors (Lipinski definition) is 2. The number of rotatable bonds is 2. The van der Waals surface area contributed by atoms with E-state index in [9.17, 15) is 9.90 Å². The van der Waals surface area contributed by atoms with E-state index in [-0.39, 0.29) is 17.7 Å². The van der Waals surface area contributed by atoms with Gasteiger partial charge < -0.3 is 5.11 Å². The quantitative estimate of drug-likeness (QED) is 0.889. The van der Waals surface area contributed by atoms with Crippen molar-refractivity contribution in [3.63, 3.8) is 0 Å². The summed E-state index contributed by atoms with van der Waals surface area (Å²) >= 11 is 12.1. The van der Waals surface area contributed by atoms with Gasteiger partial charge in [0.05, 0.1) is 5.41 Å². The third-order valence-electron chi connectivity index (χ3n) is 5.14. The highest BCUT2D eigenvalue weighted by Gasteiger charge is 2.76. The van der Waals surface area contributed by atoms with Crippen LogP contribution in [0.5, 0.6) is 0 Å². The Hall–Kier alpha value is -1.55. The number of aliphatic hydroxyl groups is 1. The molecule has 2 aromatic rings. The fourth-order valence-electron chi connectivity index (χ4n) is 4.01. The molecule has 3 nitrogen and oxygen atoms in total. The summed E-state index contributed by atoms with van der Waals surface area (Å²) in [6.45, 7) is 1.92. The SMILES string of the molecule is C[C@]12C(=O)N(c3cc(Cl)cc(Cl)c3)C(O)[C@H]1[C@H]2c1ccccc1. The van der Waals surface area contributed by atoms with Crippen molar-refractivity contribution in [2.45, 2.75) is 19.1 Å². The van der Waals surface area contributed by atoms with Crippen LogP contribution in [-0.2, 0) is 4.79 Å². The van der Waals surface area contributed by atoms with Gasteiger partial charge in [-0.25, -0.2) is 0 Å². The normalized spacial score (nSPS) is 32.1. The van der Waals surface area contributed by atoms with E-state index in [0.29, 0.717) is 15.7 Å². The molecule has 4 atom stereocenters. The van der Waals surface area contributed by atoms with Gasteiger partial charge in [-0.1, -0.05) is 53.5 Å². The van der Waals surface area contributed by atoms with Crippen molar-refractivity contribution in [2.75, 3.05) is 4.90 Å². The summed E-state index contributed by atoms with van der Waals surface area (Å²) in [5, 5.41) is 11.6. The molecule has 5 heteroatoms. The van der Waals surface area contributed by atoms with Crippen LogP contribution < -0.4 is 4.90 Å². The summed E-state index contributed by atoms with van der Waals surface area (Å²) in [5.41, 5.74) is 1.06. The van der Waals surface area contributed by atoms with Crippen molar-refractivity contribution in [3.8, 4) is 0 Å². The van der Waals surface area contributed by atoms with Crippen LogP contribution in [0.3, 0.4) is 0 Å². The molecule has 118 valence electrons. The highest BCUT2D eigenvalue weighted by Crippen LogP contribution is 2.71. The molecule has 0 radical (unpaired) electrons. The number of halogens is 2. The smallest absolute Gasteiger partial charge is 0.236 e. The van der Waals surface area contributed by atoms with Crippen molar-refractivity contribution in [1.29, 1.82) is 0 Å². The van der Waals surface area contributed by atoms with Crippen LogP contribution in [0.25, 0.3) is 0 Å². The van der Waals surface area contributed by atoms with E-state index in [2.05, 4.69) is 0 Å². The molecule has 1 heterocycles. The first-order chi connectivity index (χ1) is 10.9. The average Bonchev–Trinajstić information content (AvgIpc) is 3.08. The van der Waals surface area contributed by atoms with Crippen LogP contribution >= 0.6 is 23.2 Å². The number of carbonyl (C=O) groups is 1. The van der Waals surface area contributed by atoms with Gasteiger partial charge in [0.2, 0.25) is 5.91 Å². The number of amides is 1. The van der Waals surface area contributed by atoms with E-state index in [1.54, 1.807) is 18.2 Å². The Balaban J connectivity index is 1.70. The standard InChI is InChI=1S/C18H15Cl2NO2/c1-18-14(10-5-3-2-4-6-10)15(18)16(22)21(17(18)23)13-8-11(19)7-12(20)9-13/h2-9,14-16,22H,1H3/t14-,15-,16?,18-/m1/s1. The lowest BCUT2D eigenvalue weighted by atomic mass is 10.00. The summed E-state index contributed by atoms with van der Waals surface area (Å²) in [5.74, 6) is -0.144. The molecule has 2 fully saturated rings. The summed E-state index contributed by atoms with van der Waals surface area (Å²) < 4.78 is 0. The first kappa shape index (κ1) is 15.0. The molecule has 1 unspecified atom stereocenters. The molecule has 1 aliphatic heterocycles. The largest absolute Gasteiger partial charge is 0.373 e. The number of anilines is 1. The summed E-state index contributed by atoms with van der Waals surface area (Å²) in [6, 6.07) is 14.8. The van der Waals surface area contributed by atoms with Gasteiger partial charge in [-0.3, -0.25) is 9.69 Å². The number of hydrogen-bond donors (Lipinski definition) is 1. The number of carbonyl (C=O) groups excluding carboxylic acids is 1. The first-order valence-corrected chi connectivity index (χ1v) is 8.23. The topological polar surface area (TPSA) is 40.5 Å². The molecule has 1 N–H and O–H groups in total. The molecule has 23 heavy (non-hydrogen) atoms. The molecule has 4 rings (SSSR count). The Morgan fingerprint density at radius 1 is 1.09 bits per heavy atom. The minimum Gasteiger partial charge on any atom is -0.373 e. The van der Waals surface area contributed by atoms with Crippen LogP contribution in [0.2, 0.25) is 10.0 Å². The van der Waals surface area contributed by atoms with Gasteiger partial charge in [-0.2, -0.15) is 0 Å². The molecule has 1 amide bonds. The van der Waals surface area contributed by atoms with Crippen LogP contribution in [0.15, 0.2) is 48.5 Å². The molecule has 1 saturated heterocycles. The van der Waals surface area contributed by atoms with Gasteiger partial charge in [0.25, 0.3) is 0 Å². The molecule has 1 aliphatic carbocycles. The van der Waals surface area contributed by atoms with E-state index in [1.807, 2.05) is 37.3 Å². The fraction of sp³-hybridized carbons (Fsp3) is 0.278. The maximum Gasteiger partial charge on any atom is 0.236 e. The van der Waals surface area contributed by atoms with Gasteiger partial charge in [0.1, 0.15) is 6.23 Å². The molecule has 2 aliphatic rings. The zero-order valence-corrected chi connectivity index (χ0v) is 13.9. The Labute approximate surface area is 144 Å². The lowest BCUT2D eigenvalue weighted by molar-refractivity contribution is -0.122. The van der Waals surface area contributed by atoms with E-state index >= 15 is 0 Å². The van der Waals surface area contributed by atoms with Gasteiger partial charge >= 0.3 is 0 Å². The van der Waals surface area contributed by atoms with Crippen LogP contribution in [0, 0.1) is 11.3 Å². The number of fused-ring (bicyclic) bond motifs is 1. The zero-order valence-electron chi connectivity index (χ0n) is 12.4. The number of nitrogens with zero attached hydrogens (tertiary/aromatic N) is 1. The maximum absolute atomic E-state index is 13.0. The highest BCUT2D eigenvalue weighted by atomic mass is 35.5. The van der Waals surface area contributed by atoms with E-state index < -0.39 is 11.6 Å². The number of benzene rings is 2. The predicted octanol–water partition coefficient (Wildman–Crippen LogP) is 4.08. The van der Waals surface area contributed by atoms with Crippen LogP contribution in [-0.4, -0.2) is 17.2 Å². The van der Waals surface area contributed by atoms with E-state index in [4.69, 9.17) is 23.2 Å². The van der Waals surface area contributed by atoms with Gasteiger partial charge in [-0.05, 0) is 30.7 Å². The zero-order chi connectivity index (χ0) is 16.4. The van der Waals surface area contributed by atoms with Crippen LogP contribution in [0.4, 0.5) is 5.69 Å². The molecule has 0 aromatic heterocycles. The Bertz CT molecular complexity index is 775. The summed E-state index contributed by atoms with van der Waals surface area (Å²) in [7, 11) is 0. The van der Waals surface area contributed by atoms with Crippen molar-refractivity contribution < 1.29 is 9.90 Å². The van der Waals surface area contributed by atoms with Gasteiger partial charge in [0.15, 0.2) is 0 Å². The Morgan fingerprint density at radius 2 is 1.70 bits per heavy atom. The second kappa shape index (κ2) is 4.97. The number of piperidine rings is 1. The molecule has 0 spiro atoms.